The number of nitrogens with zero attached hydrogens (tertiary/aromatic N) is 3. The molecule has 1 N–H and O–H groups in total. The van der Waals surface area contributed by atoms with E-state index in [1.54, 1.807) is 37.5 Å². The largest absolute Gasteiger partial charge is 0.493 e. The molecule has 1 saturated heterocycles. The molecule has 9 heteroatoms. The first kappa shape index (κ1) is 30.9. The number of rotatable bonds is 13. The van der Waals surface area contributed by atoms with Crippen LogP contribution in [0.25, 0.3) is 0 Å². The van der Waals surface area contributed by atoms with E-state index in [9.17, 15) is 4.79 Å². The summed E-state index contributed by atoms with van der Waals surface area (Å²) in [6.07, 6.45) is 0.993. The van der Waals surface area contributed by atoms with Crippen LogP contribution in [0.5, 0.6) is 11.5 Å². The molecule has 2 heterocycles. The van der Waals surface area contributed by atoms with Gasteiger partial charge in [0, 0.05) is 49.7 Å². The molecule has 1 aromatic heterocycles. The fraction of sp³-hybridized carbons (Fsp3) is 0.324. The SMILES string of the molecule is CCN1CCN(c2cccc(C=O)c2CN(C)C(c2cccc(NSc3cccs3)c2)c2ccc(OC)c(OC)c2)CC1. The molecule has 43 heavy (non-hydrogen) atoms. The zero-order chi connectivity index (χ0) is 30.2. The minimum Gasteiger partial charge on any atom is -0.493 e. The van der Waals surface area contributed by atoms with Gasteiger partial charge in [0.05, 0.1) is 24.5 Å². The van der Waals surface area contributed by atoms with Gasteiger partial charge in [0.15, 0.2) is 11.5 Å². The number of carbonyl (C=O) groups is 1. The summed E-state index contributed by atoms with van der Waals surface area (Å²) in [6, 6.07) is 24.8. The average molecular weight is 617 g/mol. The topological polar surface area (TPSA) is 57.3 Å². The molecule has 0 saturated carbocycles. The van der Waals surface area contributed by atoms with Gasteiger partial charge in [-0.05, 0) is 84.0 Å². The molecule has 7 nitrogen and oxygen atoms in total. The van der Waals surface area contributed by atoms with Gasteiger partial charge in [-0.1, -0.05) is 43.3 Å². The van der Waals surface area contributed by atoms with E-state index in [0.717, 1.165) is 72.6 Å². The fourth-order valence-corrected chi connectivity index (χ4v) is 7.17. The number of piperazine rings is 1. The molecular weight excluding hydrogens is 577 g/mol. The summed E-state index contributed by atoms with van der Waals surface area (Å²) in [5.74, 6) is 1.37. The smallest absolute Gasteiger partial charge is 0.161 e. The van der Waals surface area contributed by atoms with Gasteiger partial charge in [-0.2, -0.15) is 0 Å². The molecular formula is C34H40N4O3S2. The molecule has 1 aliphatic rings. The number of anilines is 2. The fourth-order valence-electron chi connectivity index (χ4n) is 5.74. The highest BCUT2D eigenvalue weighted by Gasteiger charge is 2.25. The molecule has 0 aliphatic carbocycles. The van der Waals surface area contributed by atoms with Crippen LogP contribution in [0.15, 0.2) is 82.4 Å². The lowest BCUT2D eigenvalue weighted by Crippen LogP contribution is -2.46. The Kier molecular flexibility index (Phi) is 10.6. The first-order valence-corrected chi connectivity index (χ1v) is 16.3. The van der Waals surface area contributed by atoms with Crippen molar-refractivity contribution in [3.05, 3.63) is 100 Å². The summed E-state index contributed by atoms with van der Waals surface area (Å²) in [6.45, 7) is 7.80. The normalized spacial score (nSPS) is 14.5. The molecule has 0 bridgehead atoms. The van der Waals surface area contributed by atoms with Crippen molar-refractivity contribution in [2.24, 2.45) is 0 Å². The lowest BCUT2D eigenvalue weighted by atomic mass is 9.95. The zero-order valence-corrected chi connectivity index (χ0v) is 26.9. The summed E-state index contributed by atoms with van der Waals surface area (Å²) in [5, 5.41) is 2.08. The number of benzene rings is 3. The van der Waals surface area contributed by atoms with Crippen LogP contribution in [0.2, 0.25) is 0 Å². The first-order chi connectivity index (χ1) is 21.0. The van der Waals surface area contributed by atoms with Gasteiger partial charge in [-0.3, -0.25) is 9.69 Å². The summed E-state index contributed by atoms with van der Waals surface area (Å²) >= 11 is 3.33. The van der Waals surface area contributed by atoms with Crippen molar-refractivity contribution in [3.8, 4) is 11.5 Å². The van der Waals surface area contributed by atoms with Crippen molar-refractivity contribution >= 4 is 40.9 Å². The van der Waals surface area contributed by atoms with Crippen molar-refractivity contribution in [2.45, 2.75) is 23.7 Å². The van der Waals surface area contributed by atoms with Gasteiger partial charge >= 0.3 is 0 Å². The number of thiophene rings is 1. The second-order valence-electron chi connectivity index (χ2n) is 10.6. The van der Waals surface area contributed by atoms with E-state index in [1.165, 1.54) is 4.21 Å². The lowest BCUT2D eigenvalue weighted by molar-refractivity contribution is 0.112. The monoisotopic (exact) mass is 616 g/mol. The van der Waals surface area contributed by atoms with Crippen LogP contribution in [0.4, 0.5) is 11.4 Å². The van der Waals surface area contributed by atoms with Crippen LogP contribution in [0, 0.1) is 0 Å². The Morgan fingerprint density at radius 2 is 1.72 bits per heavy atom. The molecule has 0 spiro atoms. The lowest BCUT2D eigenvalue weighted by Gasteiger charge is -2.38. The van der Waals surface area contributed by atoms with Crippen LogP contribution >= 0.6 is 23.3 Å². The molecule has 226 valence electrons. The van der Waals surface area contributed by atoms with Crippen molar-refractivity contribution in [1.82, 2.24) is 9.80 Å². The number of hydrogen-bond acceptors (Lipinski definition) is 9. The molecule has 5 rings (SSSR count). The third kappa shape index (κ3) is 7.36. The maximum Gasteiger partial charge on any atom is 0.161 e. The van der Waals surface area contributed by atoms with Gasteiger partial charge in [0.1, 0.15) is 6.29 Å². The number of likely N-dealkylation sites (N-methyl/N-ethyl adjacent to an activating group) is 1. The summed E-state index contributed by atoms with van der Waals surface area (Å²) in [5.41, 5.74) is 6.16. The van der Waals surface area contributed by atoms with Gasteiger partial charge in [0.2, 0.25) is 0 Å². The second-order valence-corrected chi connectivity index (χ2v) is 12.6. The molecule has 4 aromatic rings. The maximum absolute atomic E-state index is 12.3. The van der Waals surface area contributed by atoms with E-state index in [0.29, 0.717) is 18.0 Å². The quantitative estimate of drug-likeness (QED) is 0.127. The number of hydrogen-bond donors (Lipinski definition) is 1. The third-order valence-corrected chi connectivity index (χ3v) is 9.89. The first-order valence-electron chi connectivity index (χ1n) is 14.6. The summed E-state index contributed by atoms with van der Waals surface area (Å²) < 4.78 is 16.0. The Labute approximate surface area is 263 Å². The number of nitrogens with one attached hydrogen (secondary N) is 1. The standard InChI is InChI=1S/C34H40N4O3S2/c1-5-37-16-18-38(19-17-37)30-12-7-10-27(24-39)29(30)23-36(2)34(26-14-15-31(40-3)32(22-26)41-4)25-9-6-11-28(21-25)35-43-33-13-8-20-42-33/h6-15,20-22,24,34-35H,5,16-19,23H2,1-4H3. The van der Waals surface area contributed by atoms with Crippen LogP contribution in [0.1, 0.15) is 40.0 Å². The number of carbonyl (C=O) groups excluding carboxylic acids is 1. The molecule has 1 aliphatic heterocycles. The molecule has 1 atom stereocenters. The van der Waals surface area contributed by atoms with Crippen molar-refractivity contribution in [1.29, 1.82) is 0 Å². The zero-order valence-electron chi connectivity index (χ0n) is 25.3. The van der Waals surface area contributed by atoms with E-state index < -0.39 is 0 Å². The van der Waals surface area contributed by atoms with Crippen molar-refractivity contribution in [3.63, 3.8) is 0 Å². The highest BCUT2D eigenvalue weighted by Crippen LogP contribution is 2.38. The molecule has 3 aromatic carbocycles. The van der Waals surface area contributed by atoms with Crippen LogP contribution < -0.4 is 19.1 Å². The van der Waals surface area contributed by atoms with Gasteiger partial charge in [0.25, 0.3) is 0 Å². The molecule has 0 radical (unpaired) electrons. The molecule has 1 unspecified atom stereocenters. The Balaban J connectivity index is 1.50. The second kappa shape index (κ2) is 14.8. The van der Waals surface area contributed by atoms with Crippen LogP contribution in [-0.2, 0) is 6.54 Å². The van der Waals surface area contributed by atoms with Crippen molar-refractivity contribution in [2.75, 3.05) is 63.6 Å². The highest BCUT2D eigenvalue weighted by atomic mass is 32.2. The average Bonchev–Trinajstić information content (AvgIpc) is 3.58. The minimum atomic E-state index is -0.113. The predicted molar refractivity (Wildman–Crippen MR) is 179 cm³/mol. The maximum atomic E-state index is 12.3. The van der Waals surface area contributed by atoms with E-state index in [1.807, 2.05) is 18.2 Å². The molecule has 1 fully saturated rings. The Morgan fingerprint density at radius 1 is 0.953 bits per heavy atom. The van der Waals surface area contributed by atoms with Crippen LogP contribution in [-0.4, -0.2) is 70.1 Å². The van der Waals surface area contributed by atoms with Crippen LogP contribution in [0.3, 0.4) is 0 Å². The Morgan fingerprint density at radius 3 is 2.42 bits per heavy atom. The van der Waals surface area contributed by atoms with E-state index in [2.05, 4.69) is 93.4 Å². The van der Waals surface area contributed by atoms with Gasteiger partial charge in [-0.15, -0.1) is 11.3 Å². The number of ether oxygens (including phenoxy) is 2. The Bertz CT molecular complexity index is 1490. The predicted octanol–water partition coefficient (Wildman–Crippen LogP) is 7.06. The number of aldehydes is 1. The van der Waals surface area contributed by atoms with E-state index >= 15 is 0 Å². The van der Waals surface area contributed by atoms with Gasteiger partial charge in [-0.25, -0.2) is 0 Å². The summed E-state index contributed by atoms with van der Waals surface area (Å²) in [4.78, 5) is 19.6. The van der Waals surface area contributed by atoms with Gasteiger partial charge < -0.3 is 24.0 Å². The molecule has 0 amide bonds. The van der Waals surface area contributed by atoms with E-state index in [-0.39, 0.29) is 6.04 Å². The minimum absolute atomic E-state index is 0.113. The number of methoxy groups -OCH3 is 2. The van der Waals surface area contributed by atoms with Crippen molar-refractivity contribution < 1.29 is 14.3 Å². The third-order valence-electron chi connectivity index (χ3n) is 8.01. The highest BCUT2D eigenvalue weighted by molar-refractivity contribution is 8.02. The Hall–Kier alpha value is -3.50. The van der Waals surface area contributed by atoms with E-state index in [4.69, 9.17) is 9.47 Å². The summed E-state index contributed by atoms with van der Waals surface area (Å²) in [7, 11) is 5.44.